The first kappa shape index (κ1) is 72.1. The second-order valence-corrected chi connectivity index (χ2v) is 21.4. The molecule has 0 fully saturated rings. The summed E-state index contributed by atoms with van der Waals surface area (Å²) in [5.74, 6) is 6.38. The predicted molar refractivity (Wildman–Crippen MR) is 292 cm³/mol. The number of alkyl halides is 3. The third-order valence-electron chi connectivity index (χ3n) is 11.8. The molecule has 0 aliphatic heterocycles. The minimum Gasteiger partial charge on any atom is -0.492 e. The molecule has 25 nitrogen and oxygen atoms in total. The van der Waals surface area contributed by atoms with E-state index >= 15 is 0 Å². The Balaban J connectivity index is 2.84. The van der Waals surface area contributed by atoms with E-state index in [-0.39, 0.29) is 115 Å². The Morgan fingerprint density at radius 1 is 0.443 bits per heavy atom. The van der Waals surface area contributed by atoms with Crippen molar-refractivity contribution >= 4 is 82.4 Å². The van der Waals surface area contributed by atoms with Gasteiger partial charge in [0.25, 0.3) is 0 Å². The van der Waals surface area contributed by atoms with Crippen molar-refractivity contribution in [2.24, 2.45) is 11.8 Å². The Morgan fingerprint density at radius 2 is 0.785 bits per heavy atom. The zero-order chi connectivity index (χ0) is 58.4. The Morgan fingerprint density at radius 3 is 1.16 bits per heavy atom. The average Bonchev–Trinajstić information content (AvgIpc) is 3.73. The molecule has 1 rings (SSSR count). The number of halogens is 3. The summed E-state index contributed by atoms with van der Waals surface area (Å²) >= 11 is 16.8. The highest BCUT2D eigenvalue weighted by Crippen LogP contribution is 2.26. The normalized spacial score (nSPS) is 12.0. The molecule has 79 heavy (non-hydrogen) atoms. The van der Waals surface area contributed by atoms with Crippen molar-refractivity contribution in [1.29, 1.82) is 0 Å². The molecule has 0 saturated carbocycles. The van der Waals surface area contributed by atoms with Gasteiger partial charge in [0, 0.05) is 83.3 Å². The summed E-state index contributed by atoms with van der Waals surface area (Å²) < 4.78 is 21.9. The SMILES string of the molecule is NOC(=O)CCCCCCCNC(=O)CCOCC(COCCC(=O)NCCCCCCCC(=O)On1c(O)ccc1O)(COCCC(=O)NCCCCCCC(=O)ON)NC(=O)CCCCCCCNC(=O)OCC(Cl)(Cl)Cl. The minimum atomic E-state index is -1.71. The number of amides is 5. The highest BCUT2D eigenvalue weighted by Gasteiger charge is 2.34. The average molecular weight is 1190 g/mol. The van der Waals surface area contributed by atoms with E-state index in [2.05, 4.69) is 36.3 Å². The van der Waals surface area contributed by atoms with Crippen molar-refractivity contribution < 1.29 is 82.0 Å². The number of carbonyl (C=O) groups is 8. The standard InChI is InChI=1S/C51H87Cl3N8O17/c52-51(53,54)39-76-49(72)60-32-19-10-1-4-12-20-43(66)61-50(38-75-35-28-42(65)59-31-18-11-7-14-22-47(70)78-56,36-73-33-26-40(63)57-29-16-8-2-5-13-21-46(69)77-55)37-74-34-27-41(64)58-30-17-9-3-6-15-23-48(71)79-62-44(67)24-25-45(62)68/h24-25,67-68H,1-23,26-39,55-56H2,(H,57,63)(H,58,64)(H,59,65)(H,60,72)(H,61,66). The molecule has 0 spiro atoms. The van der Waals surface area contributed by atoms with E-state index in [0.717, 1.165) is 70.6 Å². The third-order valence-corrected chi connectivity index (χ3v) is 12.1. The summed E-state index contributed by atoms with van der Waals surface area (Å²) in [6, 6.07) is 2.39. The van der Waals surface area contributed by atoms with E-state index in [1.54, 1.807) is 0 Å². The molecule has 1 atom stereocenters. The van der Waals surface area contributed by atoms with Gasteiger partial charge < -0.3 is 70.3 Å². The van der Waals surface area contributed by atoms with Crippen LogP contribution in [0, 0.1) is 0 Å². The molecule has 0 aliphatic rings. The molecule has 5 amide bonds. The number of nitrogens with zero attached hydrogens (tertiary/aromatic N) is 1. The first-order valence-corrected chi connectivity index (χ1v) is 28.4. The van der Waals surface area contributed by atoms with Crippen LogP contribution in [0.2, 0.25) is 0 Å². The van der Waals surface area contributed by atoms with Gasteiger partial charge in [0.1, 0.15) is 12.1 Å². The number of carbonyl (C=O) groups excluding carboxylic acids is 8. The van der Waals surface area contributed by atoms with E-state index < -0.39 is 45.1 Å². The smallest absolute Gasteiger partial charge is 0.407 e. The minimum absolute atomic E-state index is 0.000210. The summed E-state index contributed by atoms with van der Waals surface area (Å²) in [6.07, 6.45) is 13.9. The number of nitrogens with one attached hydrogen (secondary N) is 5. The Kier molecular flexibility index (Phi) is 41.8. The topological polar surface area (TPSA) is 359 Å². The number of ether oxygens (including phenoxy) is 4. The van der Waals surface area contributed by atoms with Gasteiger partial charge in [0.05, 0.1) is 39.6 Å². The van der Waals surface area contributed by atoms with E-state index in [9.17, 15) is 48.6 Å². The van der Waals surface area contributed by atoms with Crippen LogP contribution < -0.4 is 43.2 Å². The summed E-state index contributed by atoms with van der Waals surface area (Å²) in [7, 11) is 0. The molecule has 0 radical (unpaired) electrons. The molecule has 454 valence electrons. The molecule has 1 aromatic heterocycles. The van der Waals surface area contributed by atoms with Gasteiger partial charge >= 0.3 is 24.0 Å². The van der Waals surface area contributed by atoms with Gasteiger partial charge in [-0.15, -0.1) is 4.73 Å². The van der Waals surface area contributed by atoms with Gasteiger partial charge in [0.15, 0.2) is 0 Å². The molecule has 1 heterocycles. The fourth-order valence-corrected chi connectivity index (χ4v) is 7.69. The fraction of sp³-hybridized carbons (Fsp3) is 0.765. The zero-order valence-electron chi connectivity index (χ0n) is 45.6. The van der Waals surface area contributed by atoms with E-state index in [0.29, 0.717) is 82.3 Å². The Bertz CT molecular complexity index is 1880. The Labute approximate surface area is 478 Å². The summed E-state index contributed by atoms with van der Waals surface area (Å²) in [5, 5.41) is 33.5. The number of aromatic hydroxyl groups is 2. The second kappa shape index (κ2) is 45.8. The monoisotopic (exact) mass is 1190 g/mol. The van der Waals surface area contributed by atoms with Crippen molar-refractivity contribution in [3.63, 3.8) is 0 Å². The van der Waals surface area contributed by atoms with Gasteiger partial charge in [0.2, 0.25) is 39.2 Å². The molecule has 1 aromatic rings. The maximum absolute atomic E-state index is 13.6. The van der Waals surface area contributed by atoms with Crippen LogP contribution in [0.4, 0.5) is 4.79 Å². The lowest BCUT2D eigenvalue weighted by molar-refractivity contribution is -0.146. The van der Waals surface area contributed by atoms with E-state index in [1.807, 2.05) is 0 Å². The molecule has 28 heteroatoms. The van der Waals surface area contributed by atoms with Gasteiger partial charge in [-0.1, -0.05) is 105 Å². The third kappa shape index (κ3) is 41.7. The lowest BCUT2D eigenvalue weighted by atomic mass is 10.0. The van der Waals surface area contributed by atoms with Crippen molar-refractivity contribution in [2.75, 3.05) is 72.4 Å². The van der Waals surface area contributed by atoms with Crippen LogP contribution in [0.15, 0.2) is 12.1 Å². The largest absolute Gasteiger partial charge is 0.492 e. The van der Waals surface area contributed by atoms with Crippen molar-refractivity contribution in [2.45, 2.75) is 176 Å². The van der Waals surface area contributed by atoms with Crippen LogP contribution in [0.3, 0.4) is 0 Å². The number of hydrogen-bond acceptors (Lipinski definition) is 19. The lowest BCUT2D eigenvalue weighted by Gasteiger charge is -2.34. The van der Waals surface area contributed by atoms with E-state index in [4.69, 9.17) is 70.4 Å². The lowest BCUT2D eigenvalue weighted by Crippen LogP contribution is -2.58. The summed E-state index contributed by atoms with van der Waals surface area (Å²) in [5.41, 5.74) is -1.30. The van der Waals surface area contributed by atoms with Crippen LogP contribution in [0.5, 0.6) is 11.8 Å². The molecular formula is C51H87Cl3N8O17. The second-order valence-electron chi connectivity index (χ2n) is 18.9. The zero-order valence-corrected chi connectivity index (χ0v) is 47.8. The van der Waals surface area contributed by atoms with Crippen molar-refractivity contribution in [3.05, 3.63) is 12.1 Å². The van der Waals surface area contributed by atoms with Crippen molar-refractivity contribution in [3.8, 4) is 11.8 Å². The molecule has 0 bridgehead atoms. The fourth-order valence-electron chi connectivity index (χ4n) is 7.52. The highest BCUT2D eigenvalue weighted by atomic mass is 35.6. The van der Waals surface area contributed by atoms with Crippen LogP contribution in [0.1, 0.15) is 167 Å². The van der Waals surface area contributed by atoms with Crippen LogP contribution in [-0.4, -0.2) is 144 Å². The molecule has 0 aromatic carbocycles. The number of alkyl carbamates (subject to hydrolysis) is 1. The van der Waals surface area contributed by atoms with Crippen LogP contribution in [-0.2, 0) is 62.2 Å². The Hall–Kier alpha value is -4.89. The van der Waals surface area contributed by atoms with Crippen LogP contribution in [0.25, 0.3) is 0 Å². The molecule has 0 saturated heterocycles. The predicted octanol–water partition coefficient (Wildman–Crippen LogP) is 5.18. The summed E-state index contributed by atoms with van der Waals surface area (Å²) in [4.78, 5) is 111. The highest BCUT2D eigenvalue weighted by molar-refractivity contribution is 6.67. The molecule has 1 unspecified atom stereocenters. The van der Waals surface area contributed by atoms with Gasteiger partial charge in [-0.2, -0.15) is 11.8 Å². The first-order chi connectivity index (χ1) is 37.9. The van der Waals surface area contributed by atoms with Gasteiger partial charge in [-0.3, -0.25) is 28.8 Å². The van der Waals surface area contributed by atoms with Gasteiger partial charge in [-0.25, -0.2) is 9.59 Å². The maximum Gasteiger partial charge on any atom is 0.407 e. The quantitative estimate of drug-likeness (QED) is 0.0230. The number of unbranched alkanes of at least 4 members (excludes halogenated alkanes) is 15. The molecule has 0 aliphatic carbocycles. The van der Waals surface area contributed by atoms with Crippen LogP contribution >= 0.6 is 34.8 Å². The number of rotatable bonds is 49. The van der Waals surface area contributed by atoms with Crippen molar-refractivity contribution in [1.82, 2.24) is 31.3 Å². The summed E-state index contributed by atoms with van der Waals surface area (Å²) in [6.45, 7) is 0.838. The first-order valence-electron chi connectivity index (χ1n) is 27.3. The van der Waals surface area contributed by atoms with E-state index in [1.165, 1.54) is 12.1 Å². The number of aromatic nitrogens is 1. The number of hydrogen-bond donors (Lipinski definition) is 9. The number of nitrogens with two attached hydrogens (primary N) is 2. The molecule has 11 N–H and O–H groups in total. The molecular weight excluding hydrogens is 1100 g/mol. The van der Waals surface area contributed by atoms with Gasteiger partial charge in [-0.05, 0) is 51.4 Å². The maximum atomic E-state index is 13.6.